The molecule has 0 bridgehead atoms. The van der Waals surface area contributed by atoms with Crippen LogP contribution in [0.3, 0.4) is 0 Å². The van der Waals surface area contributed by atoms with E-state index in [1.807, 2.05) is 41.1 Å². The van der Waals surface area contributed by atoms with E-state index in [2.05, 4.69) is 22.4 Å². The number of benzene rings is 2. The molecule has 0 fully saturated rings. The van der Waals surface area contributed by atoms with Crippen LogP contribution in [-0.2, 0) is 17.6 Å². The molecule has 0 radical (unpaired) electrons. The van der Waals surface area contributed by atoms with Gasteiger partial charge in [-0.25, -0.2) is 4.98 Å². The fourth-order valence-electron chi connectivity index (χ4n) is 3.49. The third kappa shape index (κ3) is 3.77. The van der Waals surface area contributed by atoms with Crippen molar-refractivity contribution in [2.45, 2.75) is 18.9 Å². The number of methoxy groups -OCH3 is 1. The van der Waals surface area contributed by atoms with Crippen LogP contribution in [0, 0.1) is 0 Å². The van der Waals surface area contributed by atoms with E-state index in [0.717, 1.165) is 29.8 Å². The number of nitrogens with zero attached hydrogens (tertiary/aromatic N) is 2. The lowest BCUT2D eigenvalue weighted by Gasteiger charge is -2.11. The Balaban J connectivity index is 1.41. The van der Waals surface area contributed by atoms with Gasteiger partial charge >= 0.3 is 0 Å². The molecule has 1 aliphatic carbocycles. The first-order chi connectivity index (χ1) is 13.2. The highest BCUT2D eigenvalue weighted by atomic mass is 16.5. The van der Waals surface area contributed by atoms with E-state index in [1.54, 1.807) is 31.8 Å². The van der Waals surface area contributed by atoms with E-state index >= 15 is 0 Å². The zero-order valence-corrected chi connectivity index (χ0v) is 15.1. The molecule has 136 valence electrons. The molecule has 5 nitrogen and oxygen atoms in total. The van der Waals surface area contributed by atoms with E-state index in [9.17, 15) is 4.79 Å². The highest BCUT2D eigenvalue weighted by Crippen LogP contribution is 2.25. The normalized spacial score (nSPS) is 13.7. The molecule has 1 aromatic heterocycles. The number of carbonyl (C=O) groups is 1. The molecule has 27 heavy (non-hydrogen) atoms. The van der Waals surface area contributed by atoms with Crippen molar-refractivity contribution in [2.75, 3.05) is 7.11 Å². The Morgan fingerprint density at radius 1 is 1.22 bits per heavy atom. The summed E-state index contributed by atoms with van der Waals surface area (Å²) in [5.41, 5.74) is 4.46. The molecule has 1 N–H and O–H groups in total. The van der Waals surface area contributed by atoms with Crippen LogP contribution in [0.4, 0.5) is 0 Å². The Bertz CT molecular complexity index is 952. The van der Waals surface area contributed by atoms with Crippen molar-refractivity contribution >= 4 is 12.0 Å². The number of aromatic nitrogens is 2. The number of hydrogen-bond acceptors (Lipinski definition) is 3. The van der Waals surface area contributed by atoms with Gasteiger partial charge in [0.05, 0.1) is 19.1 Å². The molecule has 2 aromatic carbocycles. The van der Waals surface area contributed by atoms with Crippen LogP contribution < -0.4 is 10.1 Å². The lowest BCUT2D eigenvalue weighted by Crippen LogP contribution is -2.34. The van der Waals surface area contributed by atoms with Crippen molar-refractivity contribution in [3.8, 4) is 11.4 Å². The quantitative estimate of drug-likeness (QED) is 0.712. The first-order valence-corrected chi connectivity index (χ1v) is 8.94. The van der Waals surface area contributed by atoms with Gasteiger partial charge in [-0.15, -0.1) is 0 Å². The van der Waals surface area contributed by atoms with Gasteiger partial charge in [0, 0.05) is 24.5 Å². The first-order valence-electron chi connectivity index (χ1n) is 8.94. The molecular formula is C22H21N3O2. The summed E-state index contributed by atoms with van der Waals surface area (Å²) < 4.78 is 7.36. The maximum atomic E-state index is 12.3. The lowest BCUT2D eigenvalue weighted by atomic mass is 10.1. The van der Waals surface area contributed by atoms with Gasteiger partial charge in [-0.05, 0) is 47.7 Å². The summed E-state index contributed by atoms with van der Waals surface area (Å²) in [6.45, 7) is 0. The summed E-state index contributed by atoms with van der Waals surface area (Å²) in [5.74, 6) is 0.646. The third-order valence-electron chi connectivity index (χ3n) is 4.81. The smallest absolute Gasteiger partial charge is 0.244 e. The minimum absolute atomic E-state index is 0.0783. The van der Waals surface area contributed by atoms with Gasteiger partial charge in [-0.3, -0.25) is 4.79 Å². The Morgan fingerprint density at radius 2 is 2.00 bits per heavy atom. The predicted molar refractivity (Wildman–Crippen MR) is 105 cm³/mol. The Labute approximate surface area is 158 Å². The van der Waals surface area contributed by atoms with Gasteiger partial charge in [0.2, 0.25) is 5.91 Å². The van der Waals surface area contributed by atoms with Crippen LogP contribution in [0.25, 0.3) is 11.8 Å². The van der Waals surface area contributed by atoms with Gasteiger partial charge in [0.1, 0.15) is 5.75 Å². The number of amides is 1. The van der Waals surface area contributed by atoms with Crippen LogP contribution in [0.1, 0.15) is 16.7 Å². The number of hydrogen-bond donors (Lipinski definition) is 1. The van der Waals surface area contributed by atoms with E-state index in [4.69, 9.17) is 4.74 Å². The molecular weight excluding hydrogens is 338 g/mol. The van der Waals surface area contributed by atoms with Gasteiger partial charge in [0.15, 0.2) is 0 Å². The van der Waals surface area contributed by atoms with Gasteiger partial charge < -0.3 is 14.6 Å². The second-order valence-corrected chi connectivity index (χ2v) is 6.62. The van der Waals surface area contributed by atoms with E-state index in [0.29, 0.717) is 0 Å². The maximum Gasteiger partial charge on any atom is 0.244 e. The van der Waals surface area contributed by atoms with Crippen LogP contribution in [-0.4, -0.2) is 28.6 Å². The molecule has 0 unspecified atom stereocenters. The fourth-order valence-corrected chi connectivity index (χ4v) is 3.49. The Morgan fingerprint density at radius 3 is 2.67 bits per heavy atom. The summed E-state index contributed by atoms with van der Waals surface area (Å²) >= 11 is 0. The van der Waals surface area contributed by atoms with Crippen LogP contribution in [0.5, 0.6) is 5.75 Å². The zero-order chi connectivity index (χ0) is 18.6. The number of carbonyl (C=O) groups excluding carboxylic acids is 1. The molecule has 1 aliphatic rings. The number of fused-ring (bicyclic) bond motifs is 1. The predicted octanol–water partition coefficient (Wildman–Crippen LogP) is 3.18. The average molecular weight is 359 g/mol. The van der Waals surface area contributed by atoms with Crippen molar-refractivity contribution in [3.05, 3.63) is 84.0 Å². The third-order valence-corrected chi connectivity index (χ3v) is 4.81. The lowest BCUT2D eigenvalue weighted by molar-refractivity contribution is -0.117. The summed E-state index contributed by atoms with van der Waals surface area (Å²) in [5, 5.41) is 3.09. The summed E-state index contributed by atoms with van der Waals surface area (Å²) in [6, 6.07) is 14.3. The van der Waals surface area contributed by atoms with Gasteiger partial charge in [-0.1, -0.05) is 30.3 Å². The molecule has 0 aliphatic heterocycles. The van der Waals surface area contributed by atoms with Crippen molar-refractivity contribution < 1.29 is 9.53 Å². The summed E-state index contributed by atoms with van der Waals surface area (Å²) in [6.07, 6.45) is 10.5. The molecule has 0 saturated heterocycles. The van der Waals surface area contributed by atoms with E-state index in [1.165, 1.54) is 11.1 Å². The minimum Gasteiger partial charge on any atom is -0.495 e. The minimum atomic E-state index is -0.0783. The second kappa shape index (κ2) is 7.50. The molecule has 0 saturated carbocycles. The van der Waals surface area contributed by atoms with Crippen molar-refractivity contribution in [3.63, 3.8) is 0 Å². The zero-order valence-electron chi connectivity index (χ0n) is 15.1. The van der Waals surface area contributed by atoms with Crippen molar-refractivity contribution in [2.24, 2.45) is 0 Å². The topological polar surface area (TPSA) is 56.1 Å². The second-order valence-electron chi connectivity index (χ2n) is 6.62. The number of imidazole rings is 1. The van der Waals surface area contributed by atoms with Gasteiger partial charge in [0.25, 0.3) is 0 Å². The molecule has 4 rings (SSSR count). The Kier molecular flexibility index (Phi) is 4.75. The van der Waals surface area contributed by atoms with Crippen molar-refractivity contribution in [1.82, 2.24) is 14.9 Å². The standard InChI is InChI=1S/C22H21N3O2/c1-27-21-12-16(6-8-20(21)25-11-10-23-15-25)7-9-22(26)24-19-13-17-4-2-3-5-18(17)14-19/h2-12,15,19H,13-14H2,1H3,(H,24,26). The first kappa shape index (κ1) is 17.1. The largest absolute Gasteiger partial charge is 0.495 e. The molecule has 0 atom stereocenters. The highest BCUT2D eigenvalue weighted by molar-refractivity contribution is 5.92. The molecule has 5 heteroatoms. The molecule has 3 aromatic rings. The van der Waals surface area contributed by atoms with Gasteiger partial charge in [-0.2, -0.15) is 0 Å². The summed E-state index contributed by atoms with van der Waals surface area (Å²) in [4.78, 5) is 16.4. The van der Waals surface area contributed by atoms with E-state index in [-0.39, 0.29) is 11.9 Å². The molecule has 1 amide bonds. The fraction of sp³-hybridized carbons (Fsp3) is 0.182. The number of nitrogens with one attached hydrogen (secondary N) is 1. The van der Waals surface area contributed by atoms with Crippen LogP contribution in [0.2, 0.25) is 0 Å². The summed E-state index contributed by atoms with van der Waals surface area (Å²) in [7, 11) is 1.63. The number of ether oxygens (including phenoxy) is 1. The van der Waals surface area contributed by atoms with Crippen LogP contribution in [0.15, 0.2) is 67.3 Å². The average Bonchev–Trinajstić information content (AvgIpc) is 3.35. The Hall–Kier alpha value is -3.34. The SMILES string of the molecule is COc1cc(C=CC(=O)NC2Cc3ccccc3C2)ccc1-n1ccnc1. The monoisotopic (exact) mass is 359 g/mol. The van der Waals surface area contributed by atoms with E-state index < -0.39 is 0 Å². The molecule has 1 heterocycles. The molecule has 0 spiro atoms. The highest BCUT2D eigenvalue weighted by Gasteiger charge is 2.21. The van der Waals surface area contributed by atoms with Crippen LogP contribution >= 0.6 is 0 Å². The number of rotatable bonds is 5. The maximum absolute atomic E-state index is 12.3. The van der Waals surface area contributed by atoms with Crippen molar-refractivity contribution in [1.29, 1.82) is 0 Å².